The number of amides is 2. The average molecular weight is 296 g/mol. The highest BCUT2D eigenvalue weighted by molar-refractivity contribution is 7.14. The number of thiazole rings is 1. The topological polar surface area (TPSA) is 71.1 Å². The molecule has 1 heterocycles. The van der Waals surface area contributed by atoms with Crippen LogP contribution < -0.4 is 10.6 Å². The molecule has 0 spiro atoms. The first-order valence-electron chi connectivity index (χ1n) is 5.35. The van der Waals surface area contributed by atoms with Crippen LogP contribution in [0.25, 0.3) is 0 Å². The minimum Gasteiger partial charge on any atom is -0.316 e. The lowest BCUT2D eigenvalue weighted by Gasteiger charge is -2.06. The van der Waals surface area contributed by atoms with Gasteiger partial charge in [0.15, 0.2) is 5.13 Å². The first-order valence-corrected chi connectivity index (χ1v) is 6.61. The molecule has 0 radical (unpaired) electrons. The van der Waals surface area contributed by atoms with Crippen LogP contribution in [-0.2, 0) is 9.59 Å². The van der Waals surface area contributed by atoms with Crippen molar-refractivity contribution in [2.24, 2.45) is 0 Å². The van der Waals surface area contributed by atoms with E-state index < -0.39 is 11.8 Å². The Labute approximate surface area is 118 Å². The molecule has 0 fully saturated rings. The zero-order valence-corrected chi connectivity index (χ0v) is 11.5. The van der Waals surface area contributed by atoms with Gasteiger partial charge in [0.1, 0.15) is 0 Å². The summed E-state index contributed by atoms with van der Waals surface area (Å²) in [5.41, 5.74) is 1.17. The van der Waals surface area contributed by atoms with E-state index in [0.717, 1.165) is 5.69 Å². The molecule has 7 heteroatoms. The van der Waals surface area contributed by atoms with E-state index in [-0.39, 0.29) is 0 Å². The summed E-state index contributed by atoms with van der Waals surface area (Å²) >= 11 is 7.14. The number of hydrogen-bond acceptors (Lipinski definition) is 4. The molecule has 19 heavy (non-hydrogen) atoms. The normalized spacial score (nSPS) is 10.0. The van der Waals surface area contributed by atoms with E-state index in [1.165, 1.54) is 11.3 Å². The van der Waals surface area contributed by atoms with Crippen molar-refractivity contribution >= 4 is 45.6 Å². The molecule has 1 aromatic heterocycles. The van der Waals surface area contributed by atoms with Crippen LogP contribution in [0.15, 0.2) is 29.6 Å². The first-order chi connectivity index (χ1) is 9.06. The maximum Gasteiger partial charge on any atom is 0.315 e. The molecule has 2 aromatic rings. The van der Waals surface area contributed by atoms with E-state index in [4.69, 9.17) is 11.6 Å². The number of benzene rings is 1. The van der Waals surface area contributed by atoms with Gasteiger partial charge in [-0.05, 0) is 19.1 Å². The van der Waals surface area contributed by atoms with Crippen LogP contribution in [0.2, 0.25) is 5.02 Å². The monoisotopic (exact) mass is 295 g/mol. The van der Waals surface area contributed by atoms with Gasteiger partial charge < -0.3 is 5.32 Å². The van der Waals surface area contributed by atoms with E-state index in [0.29, 0.717) is 15.8 Å². The third-order valence-electron chi connectivity index (χ3n) is 2.17. The quantitative estimate of drug-likeness (QED) is 0.837. The van der Waals surface area contributed by atoms with Gasteiger partial charge in [0.25, 0.3) is 0 Å². The average Bonchev–Trinajstić information content (AvgIpc) is 2.77. The molecule has 2 rings (SSSR count). The van der Waals surface area contributed by atoms with Crippen molar-refractivity contribution in [1.29, 1.82) is 0 Å². The van der Waals surface area contributed by atoms with E-state index in [2.05, 4.69) is 15.6 Å². The molecular formula is C12H10ClN3O2S. The highest BCUT2D eigenvalue weighted by Gasteiger charge is 2.16. The maximum atomic E-state index is 11.7. The summed E-state index contributed by atoms with van der Waals surface area (Å²) in [6.45, 7) is 1.80. The Kier molecular flexibility index (Phi) is 4.13. The number of para-hydroxylation sites is 1. The molecule has 0 saturated heterocycles. The fraction of sp³-hybridized carbons (Fsp3) is 0.0833. The lowest BCUT2D eigenvalue weighted by atomic mass is 10.3. The fourth-order valence-corrected chi connectivity index (χ4v) is 2.17. The summed E-state index contributed by atoms with van der Waals surface area (Å²) in [4.78, 5) is 27.3. The van der Waals surface area contributed by atoms with Gasteiger partial charge in [-0.3, -0.25) is 14.9 Å². The highest BCUT2D eigenvalue weighted by Crippen LogP contribution is 2.20. The van der Waals surface area contributed by atoms with E-state index in [1.807, 2.05) is 0 Å². The number of nitrogens with zero attached hydrogens (tertiary/aromatic N) is 1. The van der Waals surface area contributed by atoms with Crippen molar-refractivity contribution in [2.45, 2.75) is 6.92 Å². The van der Waals surface area contributed by atoms with Gasteiger partial charge in [-0.1, -0.05) is 23.7 Å². The Morgan fingerprint density at radius 3 is 2.53 bits per heavy atom. The number of halogens is 1. The smallest absolute Gasteiger partial charge is 0.315 e. The van der Waals surface area contributed by atoms with Gasteiger partial charge in [-0.25, -0.2) is 4.98 Å². The van der Waals surface area contributed by atoms with Crippen LogP contribution in [0, 0.1) is 6.92 Å². The van der Waals surface area contributed by atoms with Crippen molar-refractivity contribution < 1.29 is 9.59 Å². The Morgan fingerprint density at radius 2 is 1.89 bits per heavy atom. The Balaban J connectivity index is 2.00. The molecule has 2 N–H and O–H groups in total. The van der Waals surface area contributed by atoms with Crippen LogP contribution in [-0.4, -0.2) is 16.8 Å². The molecule has 0 aliphatic rings. The lowest BCUT2D eigenvalue weighted by Crippen LogP contribution is -2.29. The zero-order valence-electron chi connectivity index (χ0n) is 9.94. The summed E-state index contributed by atoms with van der Waals surface area (Å²) in [6, 6.07) is 6.68. The molecule has 0 atom stereocenters. The van der Waals surface area contributed by atoms with Gasteiger partial charge in [0.05, 0.1) is 16.4 Å². The SMILES string of the molecule is Cc1csc(NC(=O)C(=O)Nc2ccccc2Cl)n1. The molecule has 0 aliphatic carbocycles. The van der Waals surface area contributed by atoms with Crippen LogP contribution in [0.3, 0.4) is 0 Å². The van der Waals surface area contributed by atoms with Crippen LogP contribution in [0.1, 0.15) is 5.69 Å². The van der Waals surface area contributed by atoms with Crippen LogP contribution in [0.4, 0.5) is 10.8 Å². The Bertz CT molecular complexity index is 627. The highest BCUT2D eigenvalue weighted by atomic mass is 35.5. The number of carbonyl (C=O) groups is 2. The fourth-order valence-electron chi connectivity index (χ4n) is 1.31. The van der Waals surface area contributed by atoms with Gasteiger partial charge in [0.2, 0.25) is 0 Å². The molecule has 98 valence electrons. The summed E-state index contributed by atoms with van der Waals surface area (Å²) in [7, 11) is 0. The minimum absolute atomic E-state index is 0.369. The lowest BCUT2D eigenvalue weighted by molar-refractivity contribution is -0.132. The van der Waals surface area contributed by atoms with Crippen molar-refractivity contribution in [3.8, 4) is 0 Å². The number of rotatable bonds is 2. The minimum atomic E-state index is -0.791. The van der Waals surface area contributed by atoms with Crippen LogP contribution >= 0.6 is 22.9 Å². The van der Waals surface area contributed by atoms with E-state index in [9.17, 15) is 9.59 Å². The predicted molar refractivity (Wildman–Crippen MR) is 75.6 cm³/mol. The summed E-state index contributed by atoms with van der Waals surface area (Å²) < 4.78 is 0. The molecule has 5 nitrogen and oxygen atoms in total. The first kappa shape index (κ1) is 13.5. The summed E-state index contributed by atoms with van der Waals surface area (Å²) in [6.07, 6.45) is 0. The van der Waals surface area contributed by atoms with E-state index >= 15 is 0 Å². The second-order valence-electron chi connectivity index (χ2n) is 3.68. The van der Waals surface area contributed by atoms with Gasteiger partial charge in [-0.2, -0.15) is 0 Å². The summed E-state index contributed by atoms with van der Waals surface area (Å²) in [5.74, 6) is -1.57. The van der Waals surface area contributed by atoms with Gasteiger partial charge in [-0.15, -0.1) is 11.3 Å². The van der Waals surface area contributed by atoms with Crippen LogP contribution in [0.5, 0.6) is 0 Å². The molecule has 0 bridgehead atoms. The molecule has 0 unspecified atom stereocenters. The number of aromatic nitrogens is 1. The molecule has 1 aromatic carbocycles. The third-order valence-corrected chi connectivity index (χ3v) is 3.37. The molecular weight excluding hydrogens is 286 g/mol. The van der Waals surface area contributed by atoms with E-state index in [1.54, 1.807) is 36.6 Å². The Hall–Kier alpha value is -1.92. The van der Waals surface area contributed by atoms with Crippen molar-refractivity contribution in [3.05, 3.63) is 40.4 Å². The van der Waals surface area contributed by atoms with Gasteiger partial charge in [0, 0.05) is 5.38 Å². The summed E-state index contributed by atoms with van der Waals surface area (Å²) in [5, 5.41) is 7.38. The standard InChI is InChI=1S/C12H10ClN3O2S/c1-7-6-19-12(14-7)16-11(18)10(17)15-9-5-3-2-4-8(9)13/h2-6H,1H3,(H,15,17)(H,14,16,18). The number of anilines is 2. The van der Waals surface area contributed by atoms with Crippen molar-refractivity contribution in [1.82, 2.24) is 4.98 Å². The number of carbonyl (C=O) groups excluding carboxylic acids is 2. The molecule has 0 aliphatic heterocycles. The number of nitrogens with one attached hydrogen (secondary N) is 2. The predicted octanol–water partition coefficient (Wildman–Crippen LogP) is 2.68. The van der Waals surface area contributed by atoms with Crippen molar-refractivity contribution in [2.75, 3.05) is 10.6 Å². The largest absolute Gasteiger partial charge is 0.316 e. The number of hydrogen-bond donors (Lipinski definition) is 2. The maximum absolute atomic E-state index is 11.7. The molecule has 2 amide bonds. The molecule has 0 saturated carbocycles. The van der Waals surface area contributed by atoms with Gasteiger partial charge >= 0.3 is 11.8 Å². The second kappa shape index (κ2) is 5.81. The van der Waals surface area contributed by atoms with Crippen molar-refractivity contribution in [3.63, 3.8) is 0 Å². The Morgan fingerprint density at radius 1 is 1.21 bits per heavy atom. The number of aryl methyl sites for hydroxylation is 1. The zero-order chi connectivity index (χ0) is 13.8. The second-order valence-corrected chi connectivity index (χ2v) is 4.95. The third kappa shape index (κ3) is 3.52.